The zero-order valence-corrected chi connectivity index (χ0v) is 18.1. The van der Waals surface area contributed by atoms with Crippen LogP contribution in [-0.4, -0.2) is 49.3 Å². The summed E-state index contributed by atoms with van der Waals surface area (Å²) in [6, 6.07) is 6.41. The molecular weight excluding hydrogens is 422 g/mol. The molecule has 3 rings (SSSR count). The van der Waals surface area contributed by atoms with Crippen LogP contribution in [0.3, 0.4) is 0 Å². The van der Waals surface area contributed by atoms with Crippen molar-refractivity contribution in [2.75, 3.05) is 24.2 Å². The molecule has 2 heterocycles. The number of furan rings is 1. The van der Waals surface area contributed by atoms with E-state index in [4.69, 9.17) is 9.52 Å². The van der Waals surface area contributed by atoms with E-state index in [2.05, 4.69) is 19.4 Å². The van der Waals surface area contributed by atoms with Gasteiger partial charge in [0, 0.05) is 7.05 Å². The van der Waals surface area contributed by atoms with E-state index in [1.165, 1.54) is 13.1 Å². The first-order chi connectivity index (χ1) is 14.8. The first-order valence-corrected chi connectivity index (χ1v) is 10.2. The average Bonchev–Trinajstić information content (AvgIpc) is 3.35. The van der Waals surface area contributed by atoms with Crippen molar-refractivity contribution in [3.8, 4) is 5.75 Å². The molecule has 164 valence electrons. The van der Waals surface area contributed by atoms with Gasteiger partial charge in [0.15, 0.2) is 17.4 Å². The van der Waals surface area contributed by atoms with Crippen LogP contribution in [0.2, 0.25) is 0 Å². The number of carboxylic acids is 1. The molecule has 0 saturated heterocycles. The molecule has 0 saturated carbocycles. The number of phenolic OH excluding ortho intramolecular Hbond substituents is 1. The summed E-state index contributed by atoms with van der Waals surface area (Å²) in [6.45, 7) is 3.48. The van der Waals surface area contributed by atoms with Gasteiger partial charge in [0.1, 0.15) is 12.3 Å². The predicted molar refractivity (Wildman–Crippen MR) is 116 cm³/mol. The minimum absolute atomic E-state index is 0.0241. The minimum Gasteiger partial charge on any atom is -0.505 e. The summed E-state index contributed by atoms with van der Waals surface area (Å²) in [5.41, 5.74) is 1.24. The summed E-state index contributed by atoms with van der Waals surface area (Å²) < 4.78 is 14.1. The van der Waals surface area contributed by atoms with Gasteiger partial charge in [-0.2, -0.15) is 8.75 Å². The number of phenols is 1. The lowest BCUT2D eigenvalue weighted by molar-refractivity contribution is -0.137. The van der Waals surface area contributed by atoms with Crippen molar-refractivity contribution in [2.45, 2.75) is 26.3 Å². The highest BCUT2D eigenvalue weighted by Gasteiger charge is 2.22. The van der Waals surface area contributed by atoms with Gasteiger partial charge in [0.2, 0.25) is 0 Å². The molecule has 1 unspecified atom stereocenters. The highest BCUT2D eigenvalue weighted by molar-refractivity contribution is 6.99. The molecule has 0 aliphatic carbocycles. The van der Waals surface area contributed by atoms with Crippen LogP contribution < -0.4 is 10.6 Å². The number of aromatic nitrogens is 2. The van der Waals surface area contributed by atoms with Crippen molar-refractivity contribution in [1.82, 2.24) is 13.6 Å². The van der Waals surface area contributed by atoms with Crippen LogP contribution in [0.1, 0.15) is 41.1 Å². The van der Waals surface area contributed by atoms with Crippen molar-refractivity contribution >= 4 is 40.9 Å². The fourth-order valence-electron chi connectivity index (χ4n) is 2.97. The second kappa shape index (κ2) is 9.47. The number of carboxylic acid groups (broad SMARTS) is 1. The molecule has 31 heavy (non-hydrogen) atoms. The number of aryl methyl sites for hydroxylation is 1. The summed E-state index contributed by atoms with van der Waals surface area (Å²) in [5.74, 6) is -0.438. The van der Waals surface area contributed by atoms with Gasteiger partial charge in [-0.25, -0.2) is 0 Å². The molecule has 1 atom stereocenters. The van der Waals surface area contributed by atoms with Gasteiger partial charge < -0.3 is 30.2 Å². The van der Waals surface area contributed by atoms with Gasteiger partial charge in [-0.1, -0.05) is 13.0 Å². The third kappa shape index (κ3) is 5.12. The van der Waals surface area contributed by atoms with E-state index < -0.39 is 18.4 Å². The van der Waals surface area contributed by atoms with Crippen LogP contribution in [-0.2, 0) is 4.79 Å². The zero-order chi connectivity index (χ0) is 22.5. The van der Waals surface area contributed by atoms with Crippen molar-refractivity contribution in [1.29, 1.82) is 0 Å². The first-order valence-electron chi connectivity index (χ1n) is 9.50. The Balaban J connectivity index is 1.80. The molecule has 0 aliphatic rings. The molecule has 1 amide bonds. The lowest BCUT2D eigenvalue weighted by atomic mass is 10.1. The molecule has 0 radical (unpaired) electrons. The van der Waals surface area contributed by atoms with Crippen molar-refractivity contribution in [3.63, 3.8) is 0 Å². The van der Waals surface area contributed by atoms with E-state index in [9.17, 15) is 14.7 Å². The minimum atomic E-state index is -1.15. The third-order valence-corrected chi connectivity index (χ3v) is 5.07. The van der Waals surface area contributed by atoms with Gasteiger partial charge in [-0.3, -0.25) is 9.59 Å². The molecule has 0 bridgehead atoms. The van der Waals surface area contributed by atoms with Crippen LogP contribution in [0.4, 0.5) is 17.3 Å². The van der Waals surface area contributed by atoms with Crippen LogP contribution in [0, 0.1) is 6.92 Å². The van der Waals surface area contributed by atoms with Gasteiger partial charge in [0.05, 0.1) is 35.3 Å². The number of anilines is 3. The molecule has 2 aromatic heterocycles. The Morgan fingerprint density at radius 3 is 2.68 bits per heavy atom. The average molecular weight is 446 g/mol. The number of nitrogens with one attached hydrogen (secondary N) is 2. The van der Waals surface area contributed by atoms with E-state index in [0.717, 1.165) is 34.4 Å². The number of carbonyl (C=O) groups is 2. The third-order valence-electron chi connectivity index (χ3n) is 4.54. The maximum Gasteiger partial charge on any atom is 0.323 e. The van der Waals surface area contributed by atoms with E-state index in [1.807, 2.05) is 19.9 Å². The second-order valence-corrected chi connectivity index (χ2v) is 7.50. The van der Waals surface area contributed by atoms with Crippen molar-refractivity contribution in [3.05, 3.63) is 47.4 Å². The largest absolute Gasteiger partial charge is 0.505 e. The molecule has 4 N–H and O–H groups in total. The normalized spacial score (nSPS) is 11.7. The van der Waals surface area contributed by atoms with Crippen molar-refractivity contribution < 1.29 is 24.2 Å². The number of hydrogen-bond acceptors (Lipinski definition) is 9. The van der Waals surface area contributed by atoms with Crippen LogP contribution in [0.5, 0.6) is 5.75 Å². The van der Waals surface area contributed by atoms with Crippen molar-refractivity contribution in [2.24, 2.45) is 0 Å². The summed E-state index contributed by atoms with van der Waals surface area (Å²) >= 11 is 0.989. The molecular formula is C20H23N5O5S. The lowest BCUT2D eigenvalue weighted by Gasteiger charge is -2.17. The highest BCUT2D eigenvalue weighted by Crippen LogP contribution is 2.34. The molecule has 0 aliphatic heterocycles. The fraction of sp³-hybridized carbons (Fsp3) is 0.300. The topological polar surface area (TPSA) is 141 Å². The number of nitrogens with zero attached hydrogens (tertiary/aromatic N) is 3. The van der Waals surface area contributed by atoms with Crippen LogP contribution >= 0.6 is 11.7 Å². The maximum atomic E-state index is 12.5. The Kier molecular flexibility index (Phi) is 6.75. The van der Waals surface area contributed by atoms with Crippen LogP contribution in [0.15, 0.2) is 34.9 Å². The van der Waals surface area contributed by atoms with Crippen LogP contribution in [0.25, 0.3) is 0 Å². The first kappa shape index (κ1) is 22.1. The fourth-order valence-corrected chi connectivity index (χ4v) is 3.44. The predicted octanol–water partition coefficient (Wildman–Crippen LogP) is 3.61. The monoisotopic (exact) mass is 445 g/mol. The summed E-state index contributed by atoms with van der Waals surface area (Å²) in [5, 5.41) is 25.8. The number of benzene rings is 1. The van der Waals surface area contributed by atoms with Gasteiger partial charge in [-0.05, 0) is 37.1 Å². The Bertz CT molecular complexity index is 1080. The number of amides is 1. The number of para-hydroxylation sites is 1. The summed E-state index contributed by atoms with van der Waals surface area (Å²) in [4.78, 5) is 24.4. The summed E-state index contributed by atoms with van der Waals surface area (Å²) in [7, 11) is 1.35. The molecule has 1 aromatic carbocycles. The Hall–Kier alpha value is -3.60. The van der Waals surface area contributed by atoms with E-state index in [-0.39, 0.29) is 23.0 Å². The molecule has 0 spiro atoms. The standard InChI is InChI=1S/C20H23N5O5S/c1-4-13(15-8-11(2)10-30-15)21-18-19(24-31-23-18)22-14-7-5-6-12(17(14)28)20(29)25(3)9-16(26)27/h5-8,10,13,28H,4,9H2,1-3H3,(H,21,23)(H,22,24)(H,26,27). The SMILES string of the molecule is CCC(Nc1nsnc1Nc1cccc(C(=O)N(C)CC(=O)O)c1O)c1cc(C)co1. The van der Waals surface area contributed by atoms with Gasteiger partial charge >= 0.3 is 5.97 Å². The molecule has 3 aromatic rings. The molecule has 11 heteroatoms. The molecule has 10 nitrogen and oxygen atoms in total. The zero-order valence-electron chi connectivity index (χ0n) is 17.2. The quantitative estimate of drug-likeness (QED) is 0.363. The Labute approximate surface area is 182 Å². The summed E-state index contributed by atoms with van der Waals surface area (Å²) in [6.07, 6.45) is 2.43. The Morgan fingerprint density at radius 2 is 2.03 bits per heavy atom. The van der Waals surface area contributed by atoms with E-state index in [0.29, 0.717) is 11.6 Å². The van der Waals surface area contributed by atoms with Gasteiger partial charge in [0.25, 0.3) is 5.91 Å². The van der Waals surface area contributed by atoms with E-state index in [1.54, 1.807) is 18.4 Å². The highest BCUT2D eigenvalue weighted by atomic mass is 32.1. The Morgan fingerprint density at radius 1 is 1.29 bits per heavy atom. The number of aromatic hydroxyl groups is 1. The maximum absolute atomic E-state index is 12.5. The number of aliphatic carboxylic acids is 1. The number of carbonyl (C=O) groups excluding carboxylic acids is 1. The molecule has 0 fully saturated rings. The van der Waals surface area contributed by atoms with E-state index >= 15 is 0 Å². The van der Waals surface area contributed by atoms with Gasteiger partial charge in [-0.15, -0.1) is 0 Å². The number of rotatable bonds is 9. The number of likely N-dealkylation sites (N-methyl/N-ethyl adjacent to an activating group) is 1. The second-order valence-electron chi connectivity index (χ2n) is 6.97. The number of hydrogen-bond donors (Lipinski definition) is 4. The smallest absolute Gasteiger partial charge is 0.323 e. The lowest BCUT2D eigenvalue weighted by Crippen LogP contribution is -2.32.